The minimum absolute atomic E-state index is 0.184. The molecule has 1 aromatic rings. The van der Waals surface area contributed by atoms with Crippen molar-refractivity contribution in [2.75, 3.05) is 20.3 Å². The number of esters is 1. The Hall–Kier alpha value is -1.75. The van der Waals surface area contributed by atoms with Gasteiger partial charge >= 0.3 is 5.97 Å². The van der Waals surface area contributed by atoms with E-state index < -0.39 is 0 Å². The molecular weight excluding hydrogens is 270 g/mol. The van der Waals surface area contributed by atoms with Gasteiger partial charge in [-0.05, 0) is 49.4 Å². The van der Waals surface area contributed by atoms with Gasteiger partial charge in [-0.25, -0.2) is 0 Å². The Balaban J connectivity index is 2.00. The van der Waals surface area contributed by atoms with Crippen molar-refractivity contribution in [3.05, 3.63) is 23.3 Å². The number of hydrogen-bond donors (Lipinski definition) is 1. The summed E-state index contributed by atoms with van der Waals surface area (Å²) in [5.41, 5.74) is 8.47. The lowest BCUT2D eigenvalue weighted by Gasteiger charge is -2.14. The fourth-order valence-corrected chi connectivity index (χ4v) is 2.54. The SMILES string of the molecule is CCOc1cc2c(cc1OCCCC(=O)OC)CC(N)C2. The lowest BCUT2D eigenvalue weighted by molar-refractivity contribution is -0.140. The highest BCUT2D eigenvalue weighted by Gasteiger charge is 2.21. The number of methoxy groups -OCH3 is 1. The molecule has 2 rings (SSSR count). The zero-order valence-corrected chi connectivity index (χ0v) is 12.7. The average Bonchev–Trinajstić information content (AvgIpc) is 2.82. The summed E-state index contributed by atoms with van der Waals surface area (Å²) in [6, 6.07) is 4.23. The highest BCUT2D eigenvalue weighted by molar-refractivity contribution is 5.69. The number of hydrogen-bond acceptors (Lipinski definition) is 5. The highest BCUT2D eigenvalue weighted by atomic mass is 16.5. The molecular formula is C16H23NO4. The molecule has 0 radical (unpaired) electrons. The molecule has 0 saturated heterocycles. The molecule has 1 aliphatic rings. The maximum Gasteiger partial charge on any atom is 0.305 e. The molecule has 1 aromatic carbocycles. The van der Waals surface area contributed by atoms with Gasteiger partial charge in [0.05, 0.1) is 20.3 Å². The molecule has 0 aliphatic heterocycles. The molecule has 1 unspecified atom stereocenters. The van der Waals surface area contributed by atoms with E-state index in [1.54, 1.807) is 0 Å². The van der Waals surface area contributed by atoms with E-state index in [-0.39, 0.29) is 12.0 Å². The number of nitrogens with two attached hydrogens (primary N) is 1. The number of fused-ring (bicyclic) bond motifs is 1. The van der Waals surface area contributed by atoms with E-state index in [0.29, 0.717) is 26.1 Å². The number of ether oxygens (including phenoxy) is 3. The third-order valence-corrected chi connectivity index (χ3v) is 3.54. The second kappa shape index (κ2) is 7.31. The van der Waals surface area contributed by atoms with Gasteiger partial charge in [0.15, 0.2) is 11.5 Å². The Morgan fingerprint density at radius 1 is 1.24 bits per heavy atom. The van der Waals surface area contributed by atoms with Gasteiger partial charge in [0.1, 0.15) is 0 Å². The Labute approximate surface area is 125 Å². The van der Waals surface area contributed by atoms with Gasteiger partial charge in [-0.1, -0.05) is 0 Å². The molecule has 5 heteroatoms. The second-order valence-corrected chi connectivity index (χ2v) is 5.20. The molecule has 0 aromatic heterocycles. The van der Waals surface area contributed by atoms with Crippen molar-refractivity contribution in [3.8, 4) is 11.5 Å². The van der Waals surface area contributed by atoms with Crippen molar-refractivity contribution in [1.29, 1.82) is 0 Å². The first-order valence-corrected chi connectivity index (χ1v) is 7.37. The van der Waals surface area contributed by atoms with E-state index in [1.807, 2.05) is 19.1 Å². The van der Waals surface area contributed by atoms with Gasteiger partial charge in [-0.15, -0.1) is 0 Å². The van der Waals surface area contributed by atoms with Gasteiger partial charge < -0.3 is 19.9 Å². The lowest BCUT2D eigenvalue weighted by Crippen LogP contribution is -2.18. The molecule has 21 heavy (non-hydrogen) atoms. The number of carbonyl (C=O) groups excluding carboxylic acids is 1. The van der Waals surface area contributed by atoms with Crippen LogP contribution < -0.4 is 15.2 Å². The molecule has 116 valence electrons. The molecule has 1 atom stereocenters. The van der Waals surface area contributed by atoms with Crippen LogP contribution >= 0.6 is 0 Å². The molecule has 2 N–H and O–H groups in total. The Kier molecular flexibility index (Phi) is 5.44. The molecule has 1 aliphatic carbocycles. The molecule has 0 spiro atoms. The normalized spacial score (nSPS) is 16.4. The predicted molar refractivity (Wildman–Crippen MR) is 79.7 cm³/mol. The molecule has 0 amide bonds. The van der Waals surface area contributed by atoms with E-state index in [1.165, 1.54) is 18.2 Å². The van der Waals surface area contributed by atoms with Gasteiger partial charge in [-0.3, -0.25) is 4.79 Å². The molecule has 0 bridgehead atoms. The summed E-state index contributed by atoms with van der Waals surface area (Å²) >= 11 is 0. The van der Waals surface area contributed by atoms with Crippen molar-refractivity contribution in [3.63, 3.8) is 0 Å². The second-order valence-electron chi connectivity index (χ2n) is 5.20. The summed E-state index contributed by atoms with van der Waals surface area (Å²) < 4.78 is 16.0. The van der Waals surface area contributed by atoms with Crippen LogP contribution in [0.15, 0.2) is 12.1 Å². The van der Waals surface area contributed by atoms with Crippen LogP contribution in [0.3, 0.4) is 0 Å². The maximum absolute atomic E-state index is 11.1. The first kappa shape index (κ1) is 15.6. The van der Waals surface area contributed by atoms with Crippen molar-refractivity contribution in [2.24, 2.45) is 5.73 Å². The third-order valence-electron chi connectivity index (χ3n) is 3.54. The quantitative estimate of drug-likeness (QED) is 0.613. The van der Waals surface area contributed by atoms with Crippen molar-refractivity contribution in [2.45, 2.75) is 38.6 Å². The summed E-state index contributed by atoms with van der Waals surface area (Å²) in [6.07, 6.45) is 2.74. The van der Waals surface area contributed by atoms with Crippen LogP contribution in [0.5, 0.6) is 11.5 Å². The predicted octanol–water partition coefficient (Wildman–Crippen LogP) is 1.84. The average molecular weight is 293 g/mol. The van der Waals surface area contributed by atoms with E-state index in [2.05, 4.69) is 4.74 Å². The number of benzene rings is 1. The van der Waals surface area contributed by atoms with Crippen LogP contribution in [0.2, 0.25) is 0 Å². The maximum atomic E-state index is 11.1. The van der Waals surface area contributed by atoms with E-state index in [9.17, 15) is 4.79 Å². The molecule has 0 heterocycles. The summed E-state index contributed by atoms with van der Waals surface area (Å²) in [6.45, 7) is 2.99. The van der Waals surface area contributed by atoms with Crippen LogP contribution in [0.4, 0.5) is 0 Å². The Bertz CT molecular complexity index is 501. The molecule has 0 saturated carbocycles. The standard InChI is InChI=1S/C16H23NO4/c1-3-20-14-9-11-7-13(17)8-12(11)10-15(14)21-6-4-5-16(18)19-2/h9-10,13H,3-8,17H2,1-2H3. The Morgan fingerprint density at radius 2 is 1.86 bits per heavy atom. The number of carbonyl (C=O) groups is 1. The largest absolute Gasteiger partial charge is 0.490 e. The van der Waals surface area contributed by atoms with Crippen LogP contribution in [0, 0.1) is 0 Å². The number of rotatable bonds is 7. The summed E-state index contributed by atoms with van der Waals surface area (Å²) in [5, 5.41) is 0. The lowest BCUT2D eigenvalue weighted by atomic mass is 10.1. The third kappa shape index (κ3) is 4.11. The van der Waals surface area contributed by atoms with Crippen molar-refractivity contribution >= 4 is 5.97 Å². The minimum Gasteiger partial charge on any atom is -0.490 e. The first-order chi connectivity index (χ1) is 10.1. The van der Waals surface area contributed by atoms with Crippen molar-refractivity contribution < 1.29 is 19.0 Å². The highest BCUT2D eigenvalue weighted by Crippen LogP contribution is 2.35. The van der Waals surface area contributed by atoms with Crippen LogP contribution in [0.25, 0.3) is 0 Å². The molecule has 5 nitrogen and oxygen atoms in total. The molecule has 0 fully saturated rings. The fourth-order valence-electron chi connectivity index (χ4n) is 2.54. The zero-order valence-electron chi connectivity index (χ0n) is 12.7. The fraction of sp³-hybridized carbons (Fsp3) is 0.562. The summed E-state index contributed by atoms with van der Waals surface area (Å²) in [4.78, 5) is 11.1. The van der Waals surface area contributed by atoms with Gasteiger partial charge in [0, 0.05) is 12.5 Å². The van der Waals surface area contributed by atoms with Crippen LogP contribution in [0.1, 0.15) is 30.9 Å². The van der Waals surface area contributed by atoms with E-state index in [0.717, 1.165) is 24.3 Å². The summed E-state index contributed by atoms with van der Waals surface area (Å²) in [7, 11) is 1.39. The smallest absolute Gasteiger partial charge is 0.305 e. The summed E-state index contributed by atoms with van der Waals surface area (Å²) in [5.74, 6) is 1.27. The van der Waals surface area contributed by atoms with Crippen LogP contribution in [-0.4, -0.2) is 32.3 Å². The monoisotopic (exact) mass is 293 g/mol. The topological polar surface area (TPSA) is 70.8 Å². The van der Waals surface area contributed by atoms with E-state index >= 15 is 0 Å². The van der Waals surface area contributed by atoms with Gasteiger partial charge in [-0.2, -0.15) is 0 Å². The van der Waals surface area contributed by atoms with Gasteiger partial charge in [0.2, 0.25) is 0 Å². The minimum atomic E-state index is -0.219. The van der Waals surface area contributed by atoms with Gasteiger partial charge in [0.25, 0.3) is 0 Å². The first-order valence-electron chi connectivity index (χ1n) is 7.37. The van der Waals surface area contributed by atoms with E-state index in [4.69, 9.17) is 15.2 Å². The van der Waals surface area contributed by atoms with Crippen LogP contribution in [-0.2, 0) is 22.4 Å². The van der Waals surface area contributed by atoms with Crippen molar-refractivity contribution in [1.82, 2.24) is 0 Å². The zero-order chi connectivity index (χ0) is 15.2. The Morgan fingerprint density at radius 3 is 2.43 bits per heavy atom.